The van der Waals surface area contributed by atoms with Gasteiger partial charge in [-0.25, -0.2) is 4.98 Å². The van der Waals surface area contributed by atoms with Gasteiger partial charge in [0.05, 0.1) is 13.2 Å². The Bertz CT molecular complexity index is 351. The van der Waals surface area contributed by atoms with Gasteiger partial charge in [0.15, 0.2) is 0 Å². The maximum atomic E-state index is 11.9. The molecule has 0 aliphatic carbocycles. The molecule has 0 aliphatic heterocycles. The molecule has 1 rings (SSSR count). The molecule has 0 fully saturated rings. The van der Waals surface area contributed by atoms with Gasteiger partial charge >= 0.3 is 0 Å². The molecule has 6 heteroatoms. The average molecular weight is 225 g/mol. The highest BCUT2D eigenvalue weighted by molar-refractivity contribution is 5.92. The van der Waals surface area contributed by atoms with Crippen LogP contribution in [0.25, 0.3) is 0 Å². The smallest absolute Gasteiger partial charge is 0.272 e. The van der Waals surface area contributed by atoms with Crippen molar-refractivity contribution in [1.82, 2.24) is 9.88 Å². The Morgan fingerprint density at radius 1 is 1.31 bits per heavy atom. The Balaban J connectivity index is 2.81. The van der Waals surface area contributed by atoms with Gasteiger partial charge < -0.3 is 20.8 Å². The standard InChI is InChI=1S/C10H15N3O3/c11-9-3-1-2-8(12-9)10(16)13(4-6-14)5-7-15/h1-3,14-15H,4-7H2,(H2,11,12). The van der Waals surface area contributed by atoms with Crippen LogP contribution in [0.2, 0.25) is 0 Å². The van der Waals surface area contributed by atoms with Gasteiger partial charge in [-0.15, -0.1) is 0 Å². The first-order valence-electron chi connectivity index (χ1n) is 4.92. The summed E-state index contributed by atoms with van der Waals surface area (Å²) in [4.78, 5) is 17.1. The number of carbonyl (C=O) groups is 1. The monoisotopic (exact) mass is 225 g/mol. The number of nitrogens with zero attached hydrogens (tertiary/aromatic N) is 2. The van der Waals surface area contributed by atoms with E-state index < -0.39 is 0 Å². The molecule has 1 aromatic heterocycles. The van der Waals surface area contributed by atoms with Crippen molar-refractivity contribution in [2.45, 2.75) is 0 Å². The van der Waals surface area contributed by atoms with Crippen molar-refractivity contribution in [1.29, 1.82) is 0 Å². The molecule has 0 saturated carbocycles. The van der Waals surface area contributed by atoms with E-state index in [4.69, 9.17) is 15.9 Å². The molecule has 0 atom stereocenters. The summed E-state index contributed by atoms with van der Waals surface area (Å²) in [6, 6.07) is 4.76. The molecule has 16 heavy (non-hydrogen) atoms. The third-order valence-electron chi connectivity index (χ3n) is 2.02. The van der Waals surface area contributed by atoms with E-state index in [9.17, 15) is 4.79 Å². The zero-order valence-corrected chi connectivity index (χ0v) is 8.83. The number of nitrogen functional groups attached to an aromatic ring is 1. The largest absolute Gasteiger partial charge is 0.395 e. The van der Waals surface area contributed by atoms with Crippen LogP contribution in [0.15, 0.2) is 18.2 Å². The number of hydrogen-bond donors (Lipinski definition) is 3. The van der Waals surface area contributed by atoms with Crippen LogP contribution < -0.4 is 5.73 Å². The second kappa shape index (κ2) is 6.04. The molecule has 6 nitrogen and oxygen atoms in total. The molecular weight excluding hydrogens is 210 g/mol. The number of aliphatic hydroxyl groups is 2. The molecule has 0 saturated heterocycles. The fourth-order valence-electron chi connectivity index (χ4n) is 1.29. The van der Waals surface area contributed by atoms with Crippen LogP contribution in [-0.2, 0) is 0 Å². The van der Waals surface area contributed by atoms with Crippen molar-refractivity contribution in [3.8, 4) is 0 Å². The van der Waals surface area contributed by atoms with Gasteiger partial charge in [0, 0.05) is 13.1 Å². The van der Waals surface area contributed by atoms with Gasteiger partial charge in [-0.3, -0.25) is 4.79 Å². The lowest BCUT2D eigenvalue weighted by molar-refractivity contribution is 0.0679. The molecule has 0 aliphatic rings. The van der Waals surface area contributed by atoms with Crippen LogP contribution in [-0.4, -0.2) is 52.3 Å². The van der Waals surface area contributed by atoms with E-state index in [-0.39, 0.29) is 43.7 Å². The van der Waals surface area contributed by atoms with E-state index in [0.717, 1.165) is 0 Å². The summed E-state index contributed by atoms with van der Waals surface area (Å²) >= 11 is 0. The summed E-state index contributed by atoms with van der Waals surface area (Å²) in [6.07, 6.45) is 0. The number of anilines is 1. The van der Waals surface area contributed by atoms with Crippen LogP contribution in [0.1, 0.15) is 10.5 Å². The molecule has 0 aromatic carbocycles. The number of pyridine rings is 1. The number of rotatable bonds is 5. The first kappa shape index (κ1) is 12.4. The quantitative estimate of drug-likeness (QED) is 0.602. The summed E-state index contributed by atoms with van der Waals surface area (Å²) in [5.74, 6) is -0.0887. The molecule has 0 radical (unpaired) electrons. The lowest BCUT2D eigenvalue weighted by Gasteiger charge is -2.20. The van der Waals surface area contributed by atoms with E-state index in [1.54, 1.807) is 18.2 Å². The van der Waals surface area contributed by atoms with Crippen molar-refractivity contribution >= 4 is 11.7 Å². The number of hydrogen-bond acceptors (Lipinski definition) is 5. The van der Waals surface area contributed by atoms with Gasteiger partial charge in [0.1, 0.15) is 11.5 Å². The first-order chi connectivity index (χ1) is 7.69. The SMILES string of the molecule is Nc1cccc(C(=O)N(CCO)CCO)n1. The second-order valence-electron chi connectivity index (χ2n) is 3.19. The number of carbonyl (C=O) groups excluding carboxylic acids is 1. The highest BCUT2D eigenvalue weighted by atomic mass is 16.3. The Morgan fingerprint density at radius 3 is 2.44 bits per heavy atom. The van der Waals surface area contributed by atoms with Gasteiger partial charge in [-0.05, 0) is 12.1 Å². The summed E-state index contributed by atoms with van der Waals surface area (Å²) < 4.78 is 0. The highest BCUT2D eigenvalue weighted by Crippen LogP contribution is 2.04. The normalized spacial score (nSPS) is 10.1. The molecule has 88 valence electrons. The topological polar surface area (TPSA) is 99.7 Å². The maximum Gasteiger partial charge on any atom is 0.272 e. The zero-order valence-electron chi connectivity index (χ0n) is 8.83. The Kier molecular flexibility index (Phi) is 4.68. The zero-order chi connectivity index (χ0) is 12.0. The Morgan fingerprint density at radius 2 is 1.94 bits per heavy atom. The number of aromatic nitrogens is 1. The summed E-state index contributed by atoms with van der Waals surface area (Å²) in [7, 11) is 0. The molecular formula is C10H15N3O3. The minimum atomic E-state index is -0.351. The lowest BCUT2D eigenvalue weighted by atomic mass is 10.3. The molecule has 1 aromatic rings. The minimum absolute atomic E-state index is 0.159. The van der Waals surface area contributed by atoms with Gasteiger partial charge in [-0.2, -0.15) is 0 Å². The first-order valence-corrected chi connectivity index (χ1v) is 4.92. The van der Waals surface area contributed by atoms with Crippen LogP contribution in [0, 0.1) is 0 Å². The van der Waals surface area contributed by atoms with Crippen LogP contribution in [0.5, 0.6) is 0 Å². The van der Waals surface area contributed by atoms with E-state index in [1.807, 2.05) is 0 Å². The minimum Gasteiger partial charge on any atom is -0.395 e. The fourth-order valence-corrected chi connectivity index (χ4v) is 1.29. The van der Waals surface area contributed by atoms with E-state index in [1.165, 1.54) is 4.90 Å². The van der Waals surface area contributed by atoms with Crippen molar-refractivity contribution < 1.29 is 15.0 Å². The van der Waals surface area contributed by atoms with E-state index in [2.05, 4.69) is 4.98 Å². The van der Waals surface area contributed by atoms with Crippen molar-refractivity contribution in [2.24, 2.45) is 0 Å². The fraction of sp³-hybridized carbons (Fsp3) is 0.400. The van der Waals surface area contributed by atoms with Crippen molar-refractivity contribution in [2.75, 3.05) is 32.0 Å². The van der Waals surface area contributed by atoms with E-state index in [0.29, 0.717) is 0 Å². The van der Waals surface area contributed by atoms with Gasteiger partial charge in [-0.1, -0.05) is 6.07 Å². The molecule has 0 unspecified atom stereocenters. The predicted octanol–water partition coefficient (Wildman–Crippen LogP) is -0.909. The average Bonchev–Trinajstić information content (AvgIpc) is 2.28. The van der Waals surface area contributed by atoms with Crippen molar-refractivity contribution in [3.05, 3.63) is 23.9 Å². The summed E-state index contributed by atoms with van der Waals surface area (Å²) in [5.41, 5.74) is 5.67. The van der Waals surface area contributed by atoms with E-state index >= 15 is 0 Å². The Labute approximate surface area is 93.3 Å². The third-order valence-corrected chi connectivity index (χ3v) is 2.02. The van der Waals surface area contributed by atoms with Crippen molar-refractivity contribution in [3.63, 3.8) is 0 Å². The molecule has 1 amide bonds. The predicted molar refractivity (Wildman–Crippen MR) is 58.7 cm³/mol. The van der Waals surface area contributed by atoms with Crippen LogP contribution in [0.3, 0.4) is 0 Å². The summed E-state index contributed by atoms with van der Waals surface area (Å²) in [5, 5.41) is 17.6. The lowest BCUT2D eigenvalue weighted by Crippen LogP contribution is -2.36. The number of aliphatic hydroxyl groups excluding tert-OH is 2. The molecule has 1 heterocycles. The van der Waals surface area contributed by atoms with Crippen LogP contribution >= 0.6 is 0 Å². The second-order valence-corrected chi connectivity index (χ2v) is 3.19. The molecule has 4 N–H and O–H groups in total. The molecule has 0 spiro atoms. The third kappa shape index (κ3) is 3.18. The number of nitrogens with two attached hydrogens (primary N) is 1. The number of amides is 1. The highest BCUT2D eigenvalue weighted by Gasteiger charge is 2.15. The van der Waals surface area contributed by atoms with Gasteiger partial charge in [0.25, 0.3) is 5.91 Å². The maximum absolute atomic E-state index is 11.9. The Hall–Kier alpha value is -1.66. The molecule has 0 bridgehead atoms. The van der Waals surface area contributed by atoms with Gasteiger partial charge in [0.2, 0.25) is 0 Å². The van der Waals surface area contributed by atoms with Crippen LogP contribution in [0.4, 0.5) is 5.82 Å². The summed E-state index contributed by atoms with van der Waals surface area (Å²) in [6.45, 7) is 0.00779.